The van der Waals surface area contributed by atoms with Crippen molar-refractivity contribution in [2.24, 2.45) is 5.16 Å². The van der Waals surface area contributed by atoms with Gasteiger partial charge in [-0.2, -0.15) is 0 Å². The molecule has 0 aromatic heterocycles. The van der Waals surface area contributed by atoms with Crippen molar-refractivity contribution in [3.63, 3.8) is 0 Å². The maximum atomic E-state index is 9.04. The van der Waals surface area contributed by atoms with Gasteiger partial charge in [0.15, 0.2) is 0 Å². The van der Waals surface area contributed by atoms with Crippen molar-refractivity contribution in [2.45, 2.75) is 31.5 Å². The number of hydrogen-bond acceptors (Lipinski definition) is 4. The summed E-state index contributed by atoms with van der Waals surface area (Å²) in [6.45, 7) is 3.12. The molecular weight excluding hydrogens is 238 g/mol. The Morgan fingerprint density at radius 1 is 1.16 bits per heavy atom. The van der Waals surface area contributed by atoms with E-state index in [-0.39, 0.29) is 0 Å². The van der Waals surface area contributed by atoms with Crippen molar-refractivity contribution in [1.29, 1.82) is 0 Å². The van der Waals surface area contributed by atoms with Gasteiger partial charge in [-0.15, -0.1) is 0 Å². The molecule has 2 bridgehead atoms. The normalized spacial score (nSPS) is 28.4. The molecule has 2 heterocycles. The monoisotopic (exact) mass is 259 g/mol. The van der Waals surface area contributed by atoms with Gasteiger partial charge < -0.3 is 10.1 Å². The summed E-state index contributed by atoms with van der Waals surface area (Å²) in [4.78, 5) is 4.98. The lowest BCUT2D eigenvalue weighted by atomic mass is 9.89. The zero-order chi connectivity index (χ0) is 13.2. The average Bonchev–Trinajstić information content (AvgIpc) is 2.40. The molecule has 1 aromatic rings. The van der Waals surface area contributed by atoms with E-state index in [2.05, 4.69) is 52.3 Å². The predicted molar refractivity (Wildman–Crippen MR) is 75.5 cm³/mol. The fraction of sp³-hybridized carbons (Fsp3) is 0.533. The molecule has 4 nitrogen and oxygen atoms in total. The number of likely N-dealkylation sites (tertiary alicyclic amines) is 1. The van der Waals surface area contributed by atoms with Crippen LogP contribution < -0.4 is 0 Å². The van der Waals surface area contributed by atoms with E-state index in [4.69, 9.17) is 5.21 Å². The van der Waals surface area contributed by atoms with Crippen molar-refractivity contribution in [3.05, 3.63) is 35.9 Å². The first-order valence-corrected chi connectivity index (χ1v) is 6.94. The number of fused-ring (bicyclic) bond motifs is 2. The summed E-state index contributed by atoms with van der Waals surface area (Å²) in [5, 5.41) is 12.5. The Morgan fingerprint density at radius 3 is 2.37 bits per heavy atom. The fourth-order valence-electron chi connectivity index (χ4n) is 3.43. The van der Waals surface area contributed by atoms with Crippen LogP contribution in [0.15, 0.2) is 35.5 Å². The molecule has 102 valence electrons. The minimum Gasteiger partial charge on any atom is -0.411 e. The lowest BCUT2D eigenvalue weighted by Gasteiger charge is -2.49. The Labute approximate surface area is 114 Å². The quantitative estimate of drug-likeness (QED) is 0.650. The average molecular weight is 259 g/mol. The highest BCUT2D eigenvalue weighted by molar-refractivity contribution is 5.86. The summed E-state index contributed by atoms with van der Waals surface area (Å²) >= 11 is 0. The number of benzene rings is 1. The van der Waals surface area contributed by atoms with Crippen LogP contribution in [0.1, 0.15) is 18.4 Å². The molecule has 0 aliphatic carbocycles. The molecule has 1 N–H and O–H groups in total. The van der Waals surface area contributed by atoms with Crippen LogP contribution in [0.4, 0.5) is 0 Å². The Hall–Kier alpha value is -1.39. The SMILES string of the molecule is CN1CC2CC(=NO)CC(C1)N2Cc1ccccc1. The third kappa shape index (κ3) is 2.65. The van der Waals surface area contributed by atoms with E-state index in [0.717, 1.165) is 38.2 Å². The summed E-state index contributed by atoms with van der Waals surface area (Å²) in [5.41, 5.74) is 2.33. The molecule has 2 atom stereocenters. The van der Waals surface area contributed by atoms with Crippen LogP contribution in [0.5, 0.6) is 0 Å². The molecule has 2 aliphatic rings. The standard InChI is InChI=1S/C15H21N3O/c1-17-10-14-7-13(16-19)8-15(11-17)18(14)9-12-5-3-2-4-6-12/h2-6,14-15,19H,7-11H2,1H3. The second kappa shape index (κ2) is 5.31. The van der Waals surface area contributed by atoms with Crippen LogP contribution >= 0.6 is 0 Å². The largest absolute Gasteiger partial charge is 0.411 e. The number of nitrogens with zero attached hydrogens (tertiary/aromatic N) is 3. The molecule has 0 amide bonds. The molecular formula is C15H21N3O. The molecule has 0 radical (unpaired) electrons. The second-order valence-electron chi connectivity index (χ2n) is 5.76. The summed E-state index contributed by atoms with van der Waals surface area (Å²) in [7, 11) is 2.18. The number of oxime groups is 1. The first-order chi connectivity index (χ1) is 9.26. The van der Waals surface area contributed by atoms with Crippen molar-refractivity contribution in [2.75, 3.05) is 20.1 Å². The lowest BCUT2D eigenvalue weighted by molar-refractivity contribution is 0.0228. The van der Waals surface area contributed by atoms with Gasteiger partial charge in [-0.05, 0) is 12.6 Å². The molecule has 19 heavy (non-hydrogen) atoms. The van der Waals surface area contributed by atoms with Crippen molar-refractivity contribution in [1.82, 2.24) is 9.80 Å². The number of likely N-dealkylation sites (N-methyl/N-ethyl adjacent to an activating group) is 1. The minimum atomic E-state index is 0.476. The van der Waals surface area contributed by atoms with Gasteiger partial charge in [-0.25, -0.2) is 0 Å². The molecule has 4 heteroatoms. The molecule has 2 saturated heterocycles. The van der Waals surface area contributed by atoms with Crippen LogP contribution in [0, 0.1) is 0 Å². The van der Waals surface area contributed by atoms with E-state index in [1.54, 1.807) is 0 Å². The molecule has 2 aliphatic heterocycles. The molecule has 2 unspecified atom stereocenters. The van der Waals surface area contributed by atoms with Crippen LogP contribution in [-0.4, -0.2) is 52.9 Å². The first kappa shape index (κ1) is 12.6. The first-order valence-electron chi connectivity index (χ1n) is 6.94. The third-order valence-corrected chi connectivity index (χ3v) is 4.27. The van der Waals surface area contributed by atoms with Crippen molar-refractivity contribution < 1.29 is 5.21 Å². The summed E-state index contributed by atoms with van der Waals surface area (Å²) in [5.74, 6) is 0. The zero-order valence-electron chi connectivity index (χ0n) is 11.4. The Bertz CT molecular complexity index is 442. The summed E-state index contributed by atoms with van der Waals surface area (Å²) < 4.78 is 0. The van der Waals surface area contributed by atoms with E-state index in [0.29, 0.717) is 12.1 Å². The number of rotatable bonds is 2. The van der Waals surface area contributed by atoms with E-state index < -0.39 is 0 Å². The number of piperidine rings is 1. The molecule has 3 rings (SSSR count). The van der Waals surface area contributed by atoms with Crippen molar-refractivity contribution in [3.8, 4) is 0 Å². The van der Waals surface area contributed by atoms with E-state index in [1.807, 2.05) is 0 Å². The van der Waals surface area contributed by atoms with E-state index >= 15 is 0 Å². The van der Waals surface area contributed by atoms with Crippen molar-refractivity contribution >= 4 is 5.71 Å². The molecule has 2 fully saturated rings. The summed E-state index contributed by atoms with van der Waals surface area (Å²) in [6.07, 6.45) is 1.79. The van der Waals surface area contributed by atoms with E-state index in [1.165, 1.54) is 5.56 Å². The predicted octanol–water partition coefficient (Wildman–Crippen LogP) is 1.80. The maximum Gasteiger partial charge on any atom is 0.0603 e. The highest BCUT2D eigenvalue weighted by Gasteiger charge is 2.38. The van der Waals surface area contributed by atoms with Crippen LogP contribution in [0.3, 0.4) is 0 Å². The minimum absolute atomic E-state index is 0.476. The Balaban J connectivity index is 1.78. The van der Waals surface area contributed by atoms with Gasteiger partial charge in [-0.3, -0.25) is 4.90 Å². The van der Waals surface area contributed by atoms with Gasteiger partial charge >= 0.3 is 0 Å². The fourth-order valence-corrected chi connectivity index (χ4v) is 3.43. The van der Waals surface area contributed by atoms with Gasteiger partial charge in [-0.1, -0.05) is 35.5 Å². The summed E-state index contributed by atoms with van der Waals surface area (Å²) in [6, 6.07) is 11.6. The van der Waals surface area contributed by atoms with E-state index in [9.17, 15) is 0 Å². The number of hydrogen-bond donors (Lipinski definition) is 1. The zero-order valence-corrected chi connectivity index (χ0v) is 11.4. The molecule has 0 saturated carbocycles. The Kier molecular flexibility index (Phi) is 3.53. The smallest absolute Gasteiger partial charge is 0.0603 e. The van der Waals surface area contributed by atoms with Gasteiger partial charge in [0, 0.05) is 44.6 Å². The van der Waals surface area contributed by atoms with Crippen LogP contribution in [0.25, 0.3) is 0 Å². The van der Waals surface area contributed by atoms with Crippen LogP contribution in [0.2, 0.25) is 0 Å². The number of piperazine rings is 1. The highest BCUT2D eigenvalue weighted by Crippen LogP contribution is 2.28. The maximum absolute atomic E-state index is 9.04. The molecule has 0 spiro atoms. The second-order valence-corrected chi connectivity index (χ2v) is 5.76. The Morgan fingerprint density at radius 2 is 1.79 bits per heavy atom. The van der Waals surface area contributed by atoms with Crippen LogP contribution in [-0.2, 0) is 6.54 Å². The highest BCUT2D eigenvalue weighted by atomic mass is 16.4. The van der Waals surface area contributed by atoms with Gasteiger partial charge in [0.2, 0.25) is 0 Å². The van der Waals surface area contributed by atoms with Gasteiger partial charge in [0.1, 0.15) is 0 Å². The van der Waals surface area contributed by atoms with Gasteiger partial charge in [0.25, 0.3) is 0 Å². The lowest BCUT2D eigenvalue weighted by Crippen LogP contribution is -2.61. The third-order valence-electron chi connectivity index (χ3n) is 4.27. The topological polar surface area (TPSA) is 39.1 Å². The van der Waals surface area contributed by atoms with Gasteiger partial charge in [0.05, 0.1) is 5.71 Å². The molecule has 1 aromatic carbocycles.